The van der Waals surface area contributed by atoms with E-state index in [4.69, 9.17) is 5.73 Å². The summed E-state index contributed by atoms with van der Waals surface area (Å²) < 4.78 is 26.4. The number of rotatable bonds is 2. The van der Waals surface area contributed by atoms with E-state index in [2.05, 4.69) is 5.32 Å². The Labute approximate surface area is 116 Å². The first-order valence-corrected chi connectivity index (χ1v) is 6.84. The van der Waals surface area contributed by atoms with Crippen LogP contribution in [0.2, 0.25) is 0 Å². The lowest BCUT2D eigenvalue weighted by Gasteiger charge is -2.29. The number of amides is 2. The Morgan fingerprint density at radius 2 is 2.15 bits per heavy atom. The number of anilines is 1. The van der Waals surface area contributed by atoms with Crippen molar-refractivity contribution in [1.29, 1.82) is 0 Å². The molecule has 4 nitrogen and oxygen atoms in total. The highest BCUT2D eigenvalue weighted by atomic mass is 19.1. The minimum absolute atomic E-state index is 0.0172. The Morgan fingerprint density at radius 1 is 1.35 bits per heavy atom. The zero-order valence-corrected chi connectivity index (χ0v) is 11.2. The van der Waals surface area contributed by atoms with Crippen LogP contribution in [0.4, 0.5) is 19.3 Å². The van der Waals surface area contributed by atoms with Crippen LogP contribution < -0.4 is 11.1 Å². The Balaban J connectivity index is 2.09. The van der Waals surface area contributed by atoms with E-state index in [1.165, 1.54) is 6.07 Å². The van der Waals surface area contributed by atoms with E-state index < -0.39 is 11.6 Å². The molecule has 1 fully saturated rings. The second-order valence-corrected chi connectivity index (χ2v) is 4.99. The van der Waals surface area contributed by atoms with Gasteiger partial charge in [-0.15, -0.1) is 0 Å². The number of nitrogens with zero attached hydrogens (tertiary/aromatic N) is 1. The van der Waals surface area contributed by atoms with Gasteiger partial charge in [-0.3, -0.25) is 0 Å². The van der Waals surface area contributed by atoms with Gasteiger partial charge in [0.1, 0.15) is 11.6 Å². The van der Waals surface area contributed by atoms with Crippen LogP contribution in [0.5, 0.6) is 0 Å². The molecule has 0 spiro atoms. The second-order valence-electron chi connectivity index (χ2n) is 4.99. The normalized spacial score (nSPS) is 19.6. The van der Waals surface area contributed by atoms with Gasteiger partial charge in [0.2, 0.25) is 0 Å². The summed E-state index contributed by atoms with van der Waals surface area (Å²) in [5, 5.41) is 2.49. The number of halogens is 2. The van der Waals surface area contributed by atoms with Crippen molar-refractivity contribution >= 4 is 11.7 Å². The van der Waals surface area contributed by atoms with E-state index in [1.807, 2.05) is 0 Å². The molecule has 0 bridgehead atoms. The fourth-order valence-corrected chi connectivity index (χ4v) is 2.47. The summed E-state index contributed by atoms with van der Waals surface area (Å²) in [5.74, 6) is -1.45. The largest absolute Gasteiger partial charge is 0.328 e. The van der Waals surface area contributed by atoms with E-state index in [9.17, 15) is 13.6 Å². The van der Waals surface area contributed by atoms with Crippen LogP contribution in [0.25, 0.3) is 0 Å². The molecule has 1 heterocycles. The summed E-state index contributed by atoms with van der Waals surface area (Å²) in [6.45, 7) is 0.996. The molecule has 110 valence electrons. The molecule has 1 atom stereocenters. The van der Waals surface area contributed by atoms with Gasteiger partial charge in [-0.05, 0) is 25.0 Å². The predicted molar refractivity (Wildman–Crippen MR) is 73.4 cm³/mol. The summed E-state index contributed by atoms with van der Waals surface area (Å²) in [4.78, 5) is 13.9. The summed E-state index contributed by atoms with van der Waals surface area (Å²) in [6.07, 6.45) is 3.87. The highest BCUT2D eigenvalue weighted by molar-refractivity contribution is 5.89. The molecule has 0 saturated carbocycles. The number of likely N-dealkylation sites (tertiary alicyclic amines) is 1. The first-order chi connectivity index (χ1) is 9.61. The molecule has 1 aliphatic heterocycles. The minimum Gasteiger partial charge on any atom is -0.328 e. The van der Waals surface area contributed by atoms with E-state index in [0.29, 0.717) is 13.1 Å². The number of nitrogens with one attached hydrogen (secondary N) is 1. The minimum atomic E-state index is -0.780. The maximum Gasteiger partial charge on any atom is 0.322 e. The second kappa shape index (κ2) is 6.65. The highest BCUT2D eigenvalue weighted by Gasteiger charge is 2.24. The van der Waals surface area contributed by atoms with Gasteiger partial charge in [-0.2, -0.15) is 0 Å². The molecule has 1 aliphatic rings. The third kappa shape index (κ3) is 3.45. The number of carbonyl (C=O) groups excluding carboxylic acids is 1. The maximum atomic E-state index is 13.5. The molecule has 20 heavy (non-hydrogen) atoms. The third-order valence-corrected chi connectivity index (χ3v) is 3.58. The Kier molecular flexibility index (Phi) is 4.89. The van der Waals surface area contributed by atoms with Crippen LogP contribution in [0.1, 0.15) is 25.7 Å². The molecule has 6 heteroatoms. The lowest BCUT2D eigenvalue weighted by atomic mass is 10.1. The quantitative estimate of drug-likeness (QED) is 0.876. The SMILES string of the molecule is NCC1CCCCCN1C(=O)Nc1ccc(F)cc1F. The van der Waals surface area contributed by atoms with Crippen molar-refractivity contribution in [2.24, 2.45) is 5.73 Å². The first kappa shape index (κ1) is 14.7. The van der Waals surface area contributed by atoms with E-state index in [-0.39, 0.29) is 17.8 Å². The van der Waals surface area contributed by atoms with Crippen LogP contribution in [0, 0.1) is 11.6 Å². The van der Waals surface area contributed by atoms with Crippen molar-refractivity contribution in [2.45, 2.75) is 31.7 Å². The number of carbonyl (C=O) groups is 1. The standard InChI is InChI=1S/C14H19F2N3O/c15-10-5-6-13(12(16)8-10)18-14(20)19-7-3-1-2-4-11(19)9-17/h5-6,8,11H,1-4,7,9,17H2,(H,18,20). The van der Waals surface area contributed by atoms with Gasteiger partial charge in [0, 0.05) is 25.2 Å². The van der Waals surface area contributed by atoms with Gasteiger partial charge in [-0.25, -0.2) is 13.6 Å². The van der Waals surface area contributed by atoms with Crippen LogP contribution in [0.15, 0.2) is 18.2 Å². The molecule has 0 aromatic heterocycles. The van der Waals surface area contributed by atoms with Crippen molar-refractivity contribution in [1.82, 2.24) is 4.90 Å². The molecule has 0 radical (unpaired) electrons. The molecule has 1 saturated heterocycles. The molecule has 2 amide bonds. The number of hydrogen-bond acceptors (Lipinski definition) is 2. The molecule has 1 aromatic rings. The van der Waals surface area contributed by atoms with Gasteiger partial charge in [0.05, 0.1) is 5.69 Å². The van der Waals surface area contributed by atoms with Gasteiger partial charge in [0.25, 0.3) is 0 Å². The Bertz CT molecular complexity index is 481. The lowest BCUT2D eigenvalue weighted by Crippen LogP contribution is -2.46. The molecule has 3 N–H and O–H groups in total. The van der Waals surface area contributed by atoms with Crippen molar-refractivity contribution in [2.75, 3.05) is 18.4 Å². The van der Waals surface area contributed by atoms with E-state index in [1.54, 1.807) is 4.90 Å². The lowest BCUT2D eigenvalue weighted by molar-refractivity contribution is 0.191. The Morgan fingerprint density at radius 3 is 2.85 bits per heavy atom. The van der Waals surface area contributed by atoms with Crippen molar-refractivity contribution in [3.63, 3.8) is 0 Å². The maximum absolute atomic E-state index is 13.5. The highest BCUT2D eigenvalue weighted by Crippen LogP contribution is 2.19. The monoisotopic (exact) mass is 283 g/mol. The fourth-order valence-electron chi connectivity index (χ4n) is 2.47. The van der Waals surface area contributed by atoms with E-state index >= 15 is 0 Å². The first-order valence-electron chi connectivity index (χ1n) is 6.84. The molecular weight excluding hydrogens is 264 g/mol. The molecule has 0 aliphatic carbocycles. The van der Waals surface area contributed by atoms with Crippen LogP contribution in [-0.2, 0) is 0 Å². The molecule has 1 aromatic carbocycles. The topological polar surface area (TPSA) is 58.4 Å². The average molecular weight is 283 g/mol. The van der Waals surface area contributed by atoms with Gasteiger partial charge in [-0.1, -0.05) is 12.8 Å². The molecular formula is C14H19F2N3O. The zero-order valence-electron chi connectivity index (χ0n) is 11.2. The third-order valence-electron chi connectivity index (χ3n) is 3.58. The van der Waals surface area contributed by atoms with Crippen LogP contribution >= 0.6 is 0 Å². The van der Waals surface area contributed by atoms with E-state index in [0.717, 1.165) is 37.8 Å². The van der Waals surface area contributed by atoms with Gasteiger partial charge < -0.3 is 16.0 Å². The number of benzene rings is 1. The summed E-state index contributed by atoms with van der Waals surface area (Å²) in [5.41, 5.74) is 5.68. The van der Waals surface area contributed by atoms with Gasteiger partial charge >= 0.3 is 6.03 Å². The fraction of sp³-hybridized carbons (Fsp3) is 0.500. The smallest absolute Gasteiger partial charge is 0.322 e. The van der Waals surface area contributed by atoms with Crippen LogP contribution in [-0.4, -0.2) is 30.1 Å². The zero-order chi connectivity index (χ0) is 14.5. The predicted octanol–water partition coefficient (Wildman–Crippen LogP) is 2.70. The Hall–Kier alpha value is -1.69. The van der Waals surface area contributed by atoms with Crippen molar-refractivity contribution < 1.29 is 13.6 Å². The van der Waals surface area contributed by atoms with Gasteiger partial charge in [0.15, 0.2) is 0 Å². The molecule has 1 unspecified atom stereocenters. The number of hydrogen-bond donors (Lipinski definition) is 2. The summed E-state index contributed by atoms with van der Waals surface area (Å²) in [7, 11) is 0. The number of urea groups is 1. The number of nitrogens with two attached hydrogens (primary N) is 1. The van der Waals surface area contributed by atoms with Crippen LogP contribution in [0.3, 0.4) is 0 Å². The average Bonchev–Trinajstić information content (AvgIpc) is 2.67. The van der Waals surface area contributed by atoms with Crippen molar-refractivity contribution in [3.8, 4) is 0 Å². The molecule has 2 rings (SSSR count). The summed E-state index contributed by atoms with van der Waals surface area (Å²) in [6, 6.07) is 2.67. The summed E-state index contributed by atoms with van der Waals surface area (Å²) >= 11 is 0. The van der Waals surface area contributed by atoms with Crippen molar-refractivity contribution in [3.05, 3.63) is 29.8 Å².